The van der Waals surface area contributed by atoms with Crippen LogP contribution in [0.25, 0.3) is 0 Å². The summed E-state index contributed by atoms with van der Waals surface area (Å²) in [7, 11) is 0. The van der Waals surface area contributed by atoms with Crippen LogP contribution in [0.5, 0.6) is 0 Å². The SMILES string of the molecule is CCC[C@H]1CC[C@H](c2ccc(C(=O)OCC(F)(F)C(F)(F)C(F)(F)C(F)(F)C(F)(F)C(F)(F)C(F)(F)C(F)(F)C(F)(F)C(F)F)cc2)CC1. The van der Waals surface area contributed by atoms with Gasteiger partial charge >= 0.3 is 65.7 Å². The van der Waals surface area contributed by atoms with E-state index in [1.54, 1.807) is 0 Å². The lowest BCUT2D eigenvalue weighted by molar-refractivity contribution is -0.465. The third-order valence-electron chi connectivity index (χ3n) is 8.06. The summed E-state index contributed by atoms with van der Waals surface area (Å²) < 4.78 is 275. The molecule has 0 aromatic heterocycles. The van der Waals surface area contributed by atoms with Gasteiger partial charge in [0, 0.05) is 0 Å². The van der Waals surface area contributed by atoms with Crippen LogP contribution in [-0.2, 0) is 4.74 Å². The van der Waals surface area contributed by atoms with E-state index in [-0.39, 0.29) is 5.92 Å². The van der Waals surface area contributed by atoms with E-state index < -0.39 is 77.9 Å². The van der Waals surface area contributed by atoms with E-state index in [9.17, 15) is 92.6 Å². The number of hydrogen-bond acceptors (Lipinski definition) is 2. The van der Waals surface area contributed by atoms with Crippen LogP contribution in [0.4, 0.5) is 87.8 Å². The van der Waals surface area contributed by atoms with Crippen molar-refractivity contribution >= 4 is 5.97 Å². The minimum atomic E-state index is -9.10. The first-order chi connectivity index (χ1) is 21.8. The lowest BCUT2D eigenvalue weighted by Crippen LogP contribution is -2.76. The Balaban J connectivity index is 2.31. The summed E-state index contributed by atoms with van der Waals surface area (Å²) >= 11 is 0. The molecule has 1 fully saturated rings. The van der Waals surface area contributed by atoms with Gasteiger partial charge < -0.3 is 4.74 Å². The molecule has 0 N–H and O–H groups in total. The standard InChI is InChI=1S/C27H24F20O2/c1-2-3-13-4-6-14(7-5-13)15-8-10-16(11-9-15)17(48)49-12-19(30,31)21(34,35)23(38,39)25(42,43)27(46,47)26(44,45)24(40,41)22(36,37)20(32,33)18(28)29/h8-11,13-14,18H,2-7,12H2,1H3/t13-,14-. The zero-order valence-electron chi connectivity index (χ0n) is 24.4. The monoisotopic (exact) mass is 760 g/mol. The minimum Gasteiger partial charge on any atom is -0.455 e. The van der Waals surface area contributed by atoms with Crippen LogP contribution in [0, 0.1) is 5.92 Å². The number of carbonyl (C=O) groups excluding carboxylic acids is 1. The first kappa shape index (κ1) is 42.5. The molecule has 1 aliphatic carbocycles. The van der Waals surface area contributed by atoms with Gasteiger partial charge in [-0.05, 0) is 55.2 Å². The van der Waals surface area contributed by atoms with E-state index in [0.29, 0.717) is 24.3 Å². The summed E-state index contributed by atoms with van der Waals surface area (Å²) in [6.07, 6.45) is -1.07. The number of ether oxygens (including phenoxy) is 1. The Morgan fingerprint density at radius 3 is 1.41 bits per heavy atom. The van der Waals surface area contributed by atoms with E-state index in [1.165, 1.54) is 12.1 Å². The molecule has 0 heterocycles. The molecule has 1 aromatic carbocycles. The number of benzene rings is 1. The first-order valence-electron chi connectivity index (χ1n) is 13.8. The summed E-state index contributed by atoms with van der Waals surface area (Å²) in [5.74, 6) is -77.6. The summed E-state index contributed by atoms with van der Waals surface area (Å²) in [4.78, 5) is 12.1. The molecule has 0 bridgehead atoms. The molecule has 0 atom stereocenters. The molecule has 0 saturated heterocycles. The van der Waals surface area contributed by atoms with Gasteiger partial charge in [-0.1, -0.05) is 31.9 Å². The Morgan fingerprint density at radius 2 is 1.02 bits per heavy atom. The molecule has 0 aliphatic heterocycles. The molecule has 2 nitrogen and oxygen atoms in total. The van der Waals surface area contributed by atoms with Crippen molar-refractivity contribution in [3.8, 4) is 0 Å². The largest absolute Gasteiger partial charge is 0.455 e. The van der Waals surface area contributed by atoms with Gasteiger partial charge in [-0.3, -0.25) is 0 Å². The van der Waals surface area contributed by atoms with Crippen LogP contribution < -0.4 is 0 Å². The number of hydrogen-bond donors (Lipinski definition) is 0. The summed E-state index contributed by atoms with van der Waals surface area (Å²) in [6.45, 7) is -1.40. The van der Waals surface area contributed by atoms with Crippen molar-refractivity contribution < 1.29 is 97.3 Å². The molecule has 284 valence electrons. The van der Waals surface area contributed by atoms with Crippen molar-refractivity contribution in [1.82, 2.24) is 0 Å². The number of esters is 1. The van der Waals surface area contributed by atoms with Gasteiger partial charge in [-0.25, -0.2) is 13.6 Å². The van der Waals surface area contributed by atoms with Crippen LogP contribution in [0.3, 0.4) is 0 Å². The van der Waals surface area contributed by atoms with Crippen molar-refractivity contribution in [2.45, 2.75) is 111 Å². The highest BCUT2D eigenvalue weighted by atomic mass is 19.4. The average Bonchev–Trinajstić information content (AvgIpc) is 2.99. The van der Waals surface area contributed by atoms with Crippen molar-refractivity contribution in [2.75, 3.05) is 6.61 Å². The second-order valence-corrected chi connectivity index (χ2v) is 11.4. The Bertz CT molecular complexity index is 1280. The highest BCUT2D eigenvalue weighted by Crippen LogP contribution is 2.65. The van der Waals surface area contributed by atoms with Crippen molar-refractivity contribution in [1.29, 1.82) is 0 Å². The molecular weight excluding hydrogens is 736 g/mol. The fraction of sp³-hybridized carbons (Fsp3) is 0.741. The Hall–Kier alpha value is -2.71. The summed E-state index contributed by atoms with van der Waals surface area (Å²) in [5, 5.41) is 0. The van der Waals surface area contributed by atoms with Gasteiger partial charge in [0.05, 0.1) is 5.56 Å². The molecule has 49 heavy (non-hydrogen) atoms. The van der Waals surface area contributed by atoms with Crippen LogP contribution in [0.15, 0.2) is 24.3 Å². The van der Waals surface area contributed by atoms with Crippen molar-refractivity contribution in [2.24, 2.45) is 5.92 Å². The third kappa shape index (κ3) is 6.73. The van der Waals surface area contributed by atoms with Crippen LogP contribution >= 0.6 is 0 Å². The molecule has 0 spiro atoms. The van der Waals surface area contributed by atoms with E-state index >= 15 is 0 Å². The van der Waals surface area contributed by atoms with Crippen LogP contribution in [0.1, 0.15) is 67.3 Å². The van der Waals surface area contributed by atoms with Crippen molar-refractivity contribution in [3.05, 3.63) is 35.4 Å². The first-order valence-corrected chi connectivity index (χ1v) is 13.8. The summed E-state index contributed by atoms with van der Waals surface area (Å²) in [5.41, 5.74) is -0.126. The molecule has 0 radical (unpaired) electrons. The van der Waals surface area contributed by atoms with Gasteiger partial charge in [-0.2, -0.15) is 79.0 Å². The Morgan fingerprint density at radius 1 is 0.633 bits per heavy atom. The number of carbonyl (C=O) groups is 1. The predicted molar refractivity (Wildman–Crippen MR) is 127 cm³/mol. The second kappa shape index (κ2) is 13.4. The number of halogens is 20. The van der Waals surface area contributed by atoms with Crippen molar-refractivity contribution in [3.63, 3.8) is 0 Å². The predicted octanol–water partition coefficient (Wildman–Crippen LogP) is 10.9. The highest BCUT2D eigenvalue weighted by Gasteiger charge is 2.96. The maximum Gasteiger partial charge on any atom is 0.385 e. The lowest BCUT2D eigenvalue weighted by atomic mass is 9.77. The van der Waals surface area contributed by atoms with Gasteiger partial charge in [0.1, 0.15) is 0 Å². The molecular formula is C27H24F20O2. The third-order valence-corrected chi connectivity index (χ3v) is 8.06. The van der Waals surface area contributed by atoms with E-state index in [4.69, 9.17) is 0 Å². The molecule has 2 rings (SSSR count). The zero-order valence-corrected chi connectivity index (χ0v) is 24.4. The Labute approximate surface area is 263 Å². The molecule has 0 unspecified atom stereocenters. The normalized spacial score (nSPS) is 19.7. The molecule has 1 aliphatic rings. The molecule has 1 aromatic rings. The smallest absolute Gasteiger partial charge is 0.385 e. The zero-order chi connectivity index (χ0) is 38.4. The minimum absolute atomic E-state index is 0.0254. The van der Waals surface area contributed by atoms with Gasteiger partial charge in [0.25, 0.3) is 0 Å². The number of rotatable bonds is 15. The Kier molecular flexibility index (Phi) is 11.6. The number of alkyl halides is 20. The topological polar surface area (TPSA) is 26.3 Å². The molecule has 22 heteroatoms. The van der Waals surface area contributed by atoms with Gasteiger partial charge in [0.15, 0.2) is 6.61 Å². The fourth-order valence-electron chi connectivity index (χ4n) is 4.98. The highest BCUT2D eigenvalue weighted by molar-refractivity contribution is 5.89. The van der Waals surface area contributed by atoms with Crippen LogP contribution in [-0.4, -0.2) is 72.3 Å². The summed E-state index contributed by atoms with van der Waals surface area (Å²) in [6, 6.07) is 4.29. The quantitative estimate of drug-likeness (QED) is 0.131. The second-order valence-electron chi connectivity index (χ2n) is 11.4. The van der Waals surface area contributed by atoms with E-state index in [2.05, 4.69) is 4.74 Å². The van der Waals surface area contributed by atoms with Crippen LogP contribution in [0.2, 0.25) is 0 Å². The molecule has 0 amide bonds. The molecule has 1 saturated carbocycles. The van der Waals surface area contributed by atoms with Gasteiger partial charge in [-0.15, -0.1) is 0 Å². The van der Waals surface area contributed by atoms with E-state index in [1.807, 2.05) is 6.92 Å². The average molecular weight is 760 g/mol. The fourth-order valence-corrected chi connectivity index (χ4v) is 4.98. The van der Waals surface area contributed by atoms with Gasteiger partial charge in [0.2, 0.25) is 0 Å². The lowest BCUT2D eigenvalue weighted by Gasteiger charge is -2.44. The maximum atomic E-state index is 14.1. The van der Waals surface area contributed by atoms with E-state index in [0.717, 1.165) is 37.8 Å². The maximum absolute atomic E-state index is 14.1.